The van der Waals surface area contributed by atoms with Crippen molar-refractivity contribution in [3.05, 3.63) is 30.1 Å². The first-order chi connectivity index (χ1) is 10.5. The van der Waals surface area contributed by atoms with Crippen molar-refractivity contribution in [2.75, 3.05) is 24.6 Å². The molecule has 0 N–H and O–H groups in total. The van der Waals surface area contributed by atoms with Gasteiger partial charge in [-0.15, -0.1) is 11.8 Å². The molecular formula is C15H22N2O3S2. The number of hydrogen-bond acceptors (Lipinski definition) is 5. The van der Waals surface area contributed by atoms with Gasteiger partial charge in [-0.25, -0.2) is 8.42 Å². The number of rotatable bonds is 6. The van der Waals surface area contributed by atoms with Crippen LogP contribution in [0.2, 0.25) is 0 Å². The summed E-state index contributed by atoms with van der Waals surface area (Å²) in [6, 6.07) is 3.92. The zero-order valence-electron chi connectivity index (χ0n) is 12.8. The highest BCUT2D eigenvalue weighted by Gasteiger charge is 2.52. The Hall–Kier alpha value is -0.630. The third-order valence-electron chi connectivity index (χ3n) is 4.17. The Kier molecular flexibility index (Phi) is 4.77. The second-order valence-corrected chi connectivity index (χ2v) is 9.65. The molecule has 1 aromatic rings. The summed E-state index contributed by atoms with van der Waals surface area (Å²) in [6.07, 6.45) is 5.40. The van der Waals surface area contributed by atoms with E-state index in [0.717, 1.165) is 17.7 Å². The van der Waals surface area contributed by atoms with E-state index in [1.807, 2.05) is 37.0 Å². The quantitative estimate of drug-likeness (QED) is 0.790. The van der Waals surface area contributed by atoms with Crippen LogP contribution in [0.3, 0.4) is 0 Å². The molecule has 2 aliphatic rings. The van der Waals surface area contributed by atoms with Crippen LogP contribution in [0.15, 0.2) is 24.5 Å². The first-order valence-corrected chi connectivity index (χ1v) is 10.2. The van der Waals surface area contributed by atoms with Crippen LogP contribution in [0.25, 0.3) is 0 Å². The smallest absolute Gasteiger partial charge is 0.214 e. The van der Waals surface area contributed by atoms with Crippen LogP contribution in [-0.4, -0.2) is 53.2 Å². The van der Waals surface area contributed by atoms with Gasteiger partial charge in [-0.3, -0.25) is 4.98 Å². The number of nitrogens with zero attached hydrogens (tertiary/aromatic N) is 2. The van der Waals surface area contributed by atoms with Crippen LogP contribution in [0, 0.1) is 0 Å². The minimum atomic E-state index is -3.04. The Morgan fingerprint density at radius 2 is 2.32 bits per heavy atom. The molecule has 0 aliphatic carbocycles. The standard InChI is InChI=1S/C15H22N2O3S2/c1-2-6-22(18,19)17-11-15(12-17)7-14(10-21-15)20-9-13-4-3-5-16-8-13/h3-5,8,14H,2,6-7,9-12H2,1H3/t14-/m1/s1. The Bertz CT molecular complexity index is 600. The molecule has 0 radical (unpaired) electrons. The number of sulfonamides is 1. The van der Waals surface area contributed by atoms with Crippen LogP contribution in [0.5, 0.6) is 0 Å². The van der Waals surface area contributed by atoms with Gasteiger partial charge in [-0.1, -0.05) is 13.0 Å². The molecular weight excluding hydrogens is 320 g/mol. The minimum Gasteiger partial charge on any atom is -0.373 e. The monoisotopic (exact) mass is 342 g/mol. The number of aromatic nitrogens is 1. The summed E-state index contributed by atoms with van der Waals surface area (Å²) in [6.45, 7) is 3.77. The van der Waals surface area contributed by atoms with E-state index in [1.165, 1.54) is 0 Å². The molecule has 0 bridgehead atoms. The van der Waals surface area contributed by atoms with Crippen molar-refractivity contribution in [2.45, 2.75) is 37.2 Å². The number of pyridine rings is 1. The first kappa shape index (κ1) is 16.2. The molecule has 3 rings (SSSR count). The minimum absolute atomic E-state index is 0.0837. The van der Waals surface area contributed by atoms with Crippen molar-refractivity contribution in [1.29, 1.82) is 0 Å². The number of hydrogen-bond donors (Lipinski definition) is 0. The normalized spacial score (nSPS) is 24.5. The Morgan fingerprint density at radius 1 is 1.50 bits per heavy atom. The molecule has 7 heteroatoms. The lowest BCUT2D eigenvalue weighted by Gasteiger charge is -2.46. The lowest BCUT2D eigenvalue weighted by atomic mass is 9.95. The maximum absolute atomic E-state index is 12.0. The van der Waals surface area contributed by atoms with E-state index in [4.69, 9.17) is 4.74 Å². The van der Waals surface area contributed by atoms with Gasteiger partial charge >= 0.3 is 0 Å². The summed E-state index contributed by atoms with van der Waals surface area (Å²) in [5, 5.41) is 0. The predicted octanol–water partition coefficient (Wildman–Crippen LogP) is 1.90. The van der Waals surface area contributed by atoms with E-state index >= 15 is 0 Å². The molecule has 0 aromatic carbocycles. The summed E-state index contributed by atoms with van der Waals surface area (Å²) >= 11 is 1.87. The zero-order chi connectivity index (χ0) is 15.6. The molecule has 0 unspecified atom stereocenters. The SMILES string of the molecule is CCCS(=O)(=O)N1CC2(C[C@@H](OCc3cccnc3)CS2)C1. The molecule has 2 fully saturated rings. The molecule has 122 valence electrons. The van der Waals surface area contributed by atoms with Crippen LogP contribution >= 0.6 is 11.8 Å². The van der Waals surface area contributed by atoms with E-state index < -0.39 is 10.0 Å². The van der Waals surface area contributed by atoms with Gasteiger partial charge in [0.25, 0.3) is 0 Å². The second-order valence-electron chi connectivity index (χ2n) is 6.08. The summed E-state index contributed by atoms with van der Waals surface area (Å²) < 4.78 is 31.7. The average Bonchev–Trinajstić information content (AvgIpc) is 2.89. The molecule has 0 amide bonds. The van der Waals surface area contributed by atoms with Crippen molar-refractivity contribution in [3.8, 4) is 0 Å². The molecule has 2 aliphatic heterocycles. The Morgan fingerprint density at radius 3 is 3.00 bits per heavy atom. The fourth-order valence-corrected chi connectivity index (χ4v) is 6.38. The first-order valence-electron chi connectivity index (χ1n) is 7.65. The highest BCUT2D eigenvalue weighted by Crippen LogP contribution is 2.47. The largest absolute Gasteiger partial charge is 0.373 e. The van der Waals surface area contributed by atoms with Gasteiger partial charge < -0.3 is 4.74 Å². The molecule has 1 spiro atoms. The highest BCUT2D eigenvalue weighted by molar-refractivity contribution is 8.01. The van der Waals surface area contributed by atoms with Crippen LogP contribution in [0.4, 0.5) is 0 Å². The maximum Gasteiger partial charge on any atom is 0.214 e. The van der Waals surface area contributed by atoms with Gasteiger partial charge in [-0.2, -0.15) is 4.31 Å². The molecule has 22 heavy (non-hydrogen) atoms. The van der Waals surface area contributed by atoms with Gasteiger partial charge in [0, 0.05) is 36.0 Å². The molecule has 3 heterocycles. The summed E-state index contributed by atoms with van der Waals surface area (Å²) in [5.41, 5.74) is 1.08. The second kappa shape index (κ2) is 6.47. The fourth-order valence-electron chi connectivity index (χ4n) is 3.01. The zero-order valence-corrected chi connectivity index (χ0v) is 14.4. The van der Waals surface area contributed by atoms with E-state index in [1.54, 1.807) is 10.5 Å². The topological polar surface area (TPSA) is 59.5 Å². The van der Waals surface area contributed by atoms with Crippen molar-refractivity contribution in [2.24, 2.45) is 0 Å². The van der Waals surface area contributed by atoms with Gasteiger partial charge in [0.15, 0.2) is 0 Å². The van der Waals surface area contributed by atoms with Gasteiger partial charge in [0.2, 0.25) is 10.0 Å². The molecule has 0 saturated carbocycles. The van der Waals surface area contributed by atoms with Crippen LogP contribution < -0.4 is 0 Å². The van der Waals surface area contributed by atoms with Gasteiger partial charge in [0.1, 0.15) is 0 Å². The van der Waals surface area contributed by atoms with E-state index in [2.05, 4.69) is 4.98 Å². The number of ether oxygens (including phenoxy) is 1. The summed E-state index contributed by atoms with van der Waals surface area (Å²) in [7, 11) is -3.04. The summed E-state index contributed by atoms with van der Waals surface area (Å²) in [5.74, 6) is 1.20. The average molecular weight is 342 g/mol. The molecule has 5 nitrogen and oxygen atoms in total. The lowest BCUT2D eigenvalue weighted by Crippen LogP contribution is -2.61. The van der Waals surface area contributed by atoms with Gasteiger partial charge in [-0.05, 0) is 24.5 Å². The third-order valence-corrected chi connectivity index (χ3v) is 7.71. The van der Waals surface area contributed by atoms with E-state index in [9.17, 15) is 8.42 Å². The predicted molar refractivity (Wildman–Crippen MR) is 88.3 cm³/mol. The molecule has 1 aromatic heterocycles. The van der Waals surface area contributed by atoms with Crippen molar-refractivity contribution >= 4 is 21.8 Å². The van der Waals surface area contributed by atoms with E-state index in [0.29, 0.717) is 26.1 Å². The molecule has 1 atom stereocenters. The van der Waals surface area contributed by atoms with Crippen molar-refractivity contribution in [1.82, 2.24) is 9.29 Å². The van der Waals surface area contributed by atoms with Crippen LogP contribution in [-0.2, 0) is 21.4 Å². The maximum atomic E-state index is 12.0. The Balaban J connectivity index is 1.48. The number of thioether (sulfide) groups is 1. The van der Waals surface area contributed by atoms with Crippen molar-refractivity contribution in [3.63, 3.8) is 0 Å². The van der Waals surface area contributed by atoms with Crippen LogP contribution in [0.1, 0.15) is 25.3 Å². The lowest BCUT2D eigenvalue weighted by molar-refractivity contribution is 0.0396. The fraction of sp³-hybridized carbons (Fsp3) is 0.667. The third kappa shape index (κ3) is 3.48. The summed E-state index contributed by atoms with van der Waals surface area (Å²) in [4.78, 5) is 4.08. The highest BCUT2D eigenvalue weighted by atomic mass is 32.2. The Labute approximate surface area is 136 Å². The molecule has 2 saturated heterocycles. The van der Waals surface area contributed by atoms with Gasteiger partial charge in [0.05, 0.1) is 18.5 Å². The van der Waals surface area contributed by atoms with Crippen molar-refractivity contribution < 1.29 is 13.2 Å². The van der Waals surface area contributed by atoms with E-state index in [-0.39, 0.29) is 16.6 Å².